The molecule has 0 spiro atoms. The van der Waals surface area contributed by atoms with Gasteiger partial charge in [0.05, 0.1) is 22.1 Å². The zero-order valence-corrected chi connectivity index (χ0v) is 17.3. The average molecular weight is 409 g/mol. The standard InChI is InChI=1S/C24H23N7/c1-30-10-12-31(13-11-30)18-3-5-20-22(15-18)29-24(27-20)17-2-4-19-21(14-17)28-23(26-19)16-6-8-25-9-7-16/h2-9,14-15H,10-13H2,1H3,(H,26,28)(H,27,29). The van der Waals surface area contributed by atoms with Crippen LogP contribution in [0, 0.1) is 0 Å². The predicted octanol–water partition coefficient (Wildman–Crippen LogP) is 3.92. The van der Waals surface area contributed by atoms with Gasteiger partial charge in [-0.3, -0.25) is 4.98 Å². The fraction of sp³-hybridized carbons (Fsp3) is 0.208. The first kappa shape index (κ1) is 18.1. The summed E-state index contributed by atoms with van der Waals surface area (Å²) in [6.07, 6.45) is 3.55. The Labute approximate surface area is 179 Å². The molecular weight excluding hydrogens is 386 g/mol. The van der Waals surface area contributed by atoms with Crippen molar-refractivity contribution >= 4 is 27.8 Å². The monoisotopic (exact) mass is 409 g/mol. The molecule has 1 aliphatic rings. The van der Waals surface area contributed by atoms with Crippen LogP contribution in [0.1, 0.15) is 0 Å². The lowest BCUT2D eigenvalue weighted by Gasteiger charge is -2.34. The van der Waals surface area contributed by atoms with Crippen LogP contribution in [0.2, 0.25) is 0 Å². The number of H-pyrrole nitrogens is 2. The zero-order chi connectivity index (χ0) is 20.8. The normalized spacial score (nSPS) is 15.2. The highest BCUT2D eigenvalue weighted by molar-refractivity contribution is 5.87. The molecule has 1 aliphatic heterocycles. The number of anilines is 1. The molecule has 0 radical (unpaired) electrons. The van der Waals surface area contributed by atoms with Crippen molar-refractivity contribution < 1.29 is 0 Å². The number of imidazole rings is 2. The number of likely N-dealkylation sites (N-methyl/N-ethyl adjacent to an activating group) is 1. The van der Waals surface area contributed by atoms with Crippen molar-refractivity contribution in [1.29, 1.82) is 0 Å². The molecule has 0 unspecified atom stereocenters. The topological polar surface area (TPSA) is 76.7 Å². The van der Waals surface area contributed by atoms with E-state index in [1.54, 1.807) is 12.4 Å². The van der Waals surface area contributed by atoms with Gasteiger partial charge in [0.15, 0.2) is 0 Å². The number of nitrogens with zero attached hydrogens (tertiary/aromatic N) is 5. The second kappa shape index (κ2) is 7.21. The van der Waals surface area contributed by atoms with Gasteiger partial charge in [-0.05, 0) is 55.6 Å². The van der Waals surface area contributed by atoms with E-state index < -0.39 is 0 Å². The van der Waals surface area contributed by atoms with E-state index in [-0.39, 0.29) is 0 Å². The molecule has 1 fully saturated rings. The third-order valence-corrected chi connectivity index (χ3v) is 6.04. The number of aromatic amines is 2. The van der Waals surface area contributed by atoms with Crippen LogP contribution in [0.5, 0.6) is 0 Å². The number of fused-ring (bicyclic) bond motifs is 2. The number of pyridine rings is 1. The average Bonchev–Trinajstić information content (AvgIpc) is 3.43. The summed E-state index contributed by atoms with van der Waals surface area (Å²) in [5.41, 5.74) is 7.28. The number of hydrogen-bond donors (Lipinski definition) is 2. The van der Waals surface area contributed by atoms with E-state index in [9.17, 15) is 0 Å². The number of rotatable bonds is 3. The van der Waals surface area contributed by atoms with Crippen LogP contribution < -0.4 is 4.90 Å². The van der Waals surface area contributed by atoms with Gasteiger partial charge in [0.2, 0.25) is 0 Å². The van der Waals surface area contributed by atoms with E-state index in [0.717, 1.165) is 71.0 Å². The second-order valence-electron chi connectivity index (χ2n) is 8.13. The van der Waals surface area contributed by atoms with E-state index in [1.165, 1.54) is 5.69 Å². The molecule has 3 aromatic heterocycles. The number of benzene rings is 2. The fourth-order valence-corrected chi connectivity index (χ4v) is 4.20. The molecule has 0 amide bonds. The third-order valence-electron chi connectivity index (χ3n) is 6.04. The van der Waals surface area contributed by atoms with Crippen molar-refractivity contribution in [3.05, 3.63) is 60.9 Å². The Morgan fingerprint density at radius 3 is 2.10 bits per heavy atom. The first-order valence-corrected chi connectivity index (χ1v) is 10.6. The quantitative estimate of drug-likeness (QED) is 0.472. The Hall–Kier alpha value is -3.71. The van der Waals surface area contributed by atoms with Gasteiger partial charge in [-0.25, -0.2) is 9.97 Å². The molecule has 0 saturated carbocycles. The van der Waals surface area contributed by atoms with Crippen molar-refractivity contribution in [2.75, 3.05) is 38.1 Å². The molecule has 4 heterocycles. The Morgan fingerprint density at radius 1 is 0.710 bits per heavy atom. The maximum Gasteiger partial charge on any atom is 0.138 e. The first-order valence-electron chi connectivity index (χ1n) is 10.6. The molecule has 5 aromatic rings. The molecule has 1 saturated heterocycles. The molecule has 0 bridgehead atoms. The van der Waals surface area contributed by atoms with E-state index in [4.69, 9.17) is 9.97 Å². The minimum Gasteiger partial charge on any atom is -0.369 e. The molecule has 0 aliphatic carbocycles. The van der Waals surface area contributed by atoms with Crippen molar-refractivity contribution in [3.8, 4) is 22.8 Å². The predicted molar refractivity (Wildman–Crippen MR) is 124 cm³/mol. The molecule has 2 N–H and O–H groups in total. The summed E-state index contributed by atoms with van der Waals surface area (Å²) in [5.74, 6) is 1.71. The summed E-state index contributed by atoms with van der Waals surface area (Å²) in [6, 6.07) is 16.6. The molecule has 6 rings (SSSR count). The fourth-order valence-electron chi connectivity index (χ4n) is 4.20. The molecule has 7 heteroatoms. The summed E-state index contributed by atoms with van der Waals surface area (Å²) >= 11 is 0. The largest absolute Gasteiger partial charge is 0.369 e. The second-order valence-corrected chi connectivity index (χ2v) is 8.13. The highest BCUT2D eigenvalue weighted by atomic mass is 15.2. The molecule has 2 aromatic carbocycles. The molecule has 7 nitrogen and oxygen atoms in total. The van der Waals surface area contributed by atoms with Crippen molar-refractivity contribution in [2.24, 2.45) is 0 Å². The number of nitrogens with one attached hydrogen (secondary N) is 2. The summed E-state index contributed by atoms with van der Waals surface area (Å²) in [7, 11) is 2.18. The van der Waals surface area contributed by atoms with E-state index in [2.05, 4.69) is 62.1 Å². The minimum absolute atomic E-state index is 0.843. The van der Waals surface area contributed by atoms with Gasteiger partial charge in [0, 0.05) is 55.4 Å². The summed E-state index contributed by atoms with van der Waals surface area (Å²) in [5, 5.41) is 0. The van der Waals surface area contributed by atoms with E-state index in [0.29, 0.717) is 0 Å². The van der Waals surface area contributed by atoms with Gasteiger partial charge >= 0.3 is 0 Å². The van der Waals surface area contributed by atoms with Gasteiger partial charge in [-0.2, -0.15) is 0 Å². The smallest absolute Gasteiger partial charge is 0.138 e. The summed E-state index contributed by atoms with van der Waals surface area (Å²) in [6.45, 7) is 4.30. The number of aromatic nitrogens is 5. The molecule has 0 atom stereocenters. The summed E-state index contributed by atoms with van der Waals surface area (Å²) in [4.78, 5) is 25.4. The number of piperazine rings is 1. The van der Waals surface area contributed by atoms with Gasteiger partial charge in [-0.15, -0.1) is 0 Å². The minimum atomic E-state index is 0.843. The van der Waals surface area contributed by atoms with Crippen LogP contribution >= 0.6 is 0 Å². The maximum absolute atomic E-state index is 4.83. The van der Waals surface area contributed by atoms with E-state index in [1.807, 2.05) is 18.2 Å². The van der Waals surface area contributed by atoms with E-state index >= 15 is 0 Å². The van der Waals surface area contributed by atoms with Gasteiger partial charge in [-0.1, -0.05) is 0 Å². The van der Waals surface area contributed by atoms with Crippen LogP contribution in [0.15, 0.2) is 60.9 Å². The van der Waals surface area contributed by atoms with Crippen LogP contribution in [-0.2, 0) is 0 Å². The van der Waals surface area contributed by atoms with Crippen molar-refractivity contribution in [3.63, 3.8) is 0 Å². The Kier molecular flexibility index (Phi) is 4.21. The Balaban J connectivity index is 1.33. The lowest BCUT2D eigenvalue weighted by atomic mass is 10.2. The highest BCUT2D eigenvalue weighted by Crippen LogP contribution is 2.28. The van der Waals surface area contributed by atoms with Crippen LogP contribution in [0.25, 0.3) is 44.8 Å². The van der Waals surface area contributed by atoms with Gasteiger partial charge < -0.3 is 19.8 Å². The summed E-state index contributed by atoms with van der Waals surface area (Å²) < 4.78 is 0. The first-order chi connectivity index (χ1) is 15.2. The Morgan fingerprint density at radius 2 is 1.35 bits per heavy atom. The van der Waals surface area contributed by atoms with Crippen molar-refractivity contribution in [2.45, 2.75) is 0 Å². The molecular formula is C24H23N7. The molecule has 154 valence electrons. The molecule has 31 heavy (non-hydrogen) atoms. The maximum atomic E-state index is 4.83. The number of hydrogen-bond acceptors (Lipinski definition) is 5. The van der Waals surface area contributed by atoms with Gasteiger partial charge in [0.1, 0.15) is 11.6 Å². The lowest BCUT2D eigenvalue weighted by molar-refractivity contribution is 0.313. The highest BCUT2D eigenvalue weighted by Gasteiger charge is 2.16. The van der Waals surface area contributed by atoms with Crippen LogP contribution in [0.4, 0.5) is 5.69 Å². The lowest BCUT2D eigenvalue weighted by Crippen LogP contribution is -2.44. The van der Waals surface area contributed by atoms with Crippen LogP contribution in [0.3, 0.4) is 0 Å². The Bertz CT molecular complexity index is 1360. The zero-order valence-electron chi connectivity index (χ0n) is 17.3. The van der Waals surface area contributed by atoms with Gasteiger partial charge in [0.25, 0.3) is 0 Å². The van der Waals surface area contributed by atoms with Crippen molar-refractivity contribution in [1.82, 2.24) is 29.8 Å². The third kappa shape index (κ3) is 3.33. The van der Waals surface area contributed by atoms with Crippen LogP contribution in [-0.4, -0.2) is 63.0 Å². The SMILES string of the molecule is CN1CCN(c2ccc3nc(-c4ccc5nc(-c6ccncc6)[nH]c5c4)[nH]c3c2)CC1.